The second kappa shape index (κ2) is 6.97. The summed E-state index contributed by atoms with van der Waals surface area (Å²) < 4.78 is 27.9. The third-order valence-corrected chi connectivity index (χ3v) is 7.16. The van der Waals surface area contributed by atoms with Crippen molar-refractivity contribution in [2.24, 2.45) is 0 Å². The summed E-state index contributed by atoms with van der Waals surface area (Å²) in [6, 6.07) is 1.41. The van der Waals surface area contributed by atoms with Gasteiger partial charge < -0.3 is 5.32 Å². The van der Waals surface area contributed by atoms with E-state index in [2.05, 4.69) is 15.0 Å². The molecule has 1 atom stereocenters. The van der Waals surface area contributed by atoms with Gasteiger partial charge in [-0.25, -0.2) is 18.1 Å². The Balaban J connectivity index is 2.16. The Morgan fingerprint density at radius 1 is 1.43 bits per heavy atom. The van der Waals surface area contributed by atoms with E-state index in [4.69, 9.17) is 0 Å². The zero-order valence-electron chi connectivity index (χ0n) is 12.2. The van der Waals surface area contributed by atoms with E-state index in [0.717, 1.165) is 22.0 Å². The van der Waals surface area contributed by atoms with Crippen molar-refractivity contribution >= 4 is 32.7 Å². The number of rotatable bonds is 7. The van der Waals surface area contributed by atoms with E-state index < -0.39 is 10.0 Å². The van der Waals surface area contributed by atoms with Crippen molar-refractivity contribution in [1.82, 2.24) is 15.0 Å². The van der Waals surface area contributed by atoms with Gasteiger partial charge in [0, 0.05) is 23.0 Å². The fourth-order valence-electron chi connectivity index (χ4n) is 1.82. The zero-order chi connectivity index (χ0) is 15.5. The van der Waals surface area contributed by atoms with Crippen LogP contribution in [0.25, 0.3) is 0 Å². The van der Waals surface area contributed by atoms with Crippen molar-refractivity contribution in [3.63, 3.8) is 0 Å². The highest BCUT2D eigenvalue weighted by Crippen LogP contribution is 2.27. The molecule has 0 saturated carbocycles. The largest absolute Gasteiger partial charge is 0.312 e. The molecule has 0 radical (unpaired) electrons. The number of nitrogens with one attached hydrogen (secondary N) is 2. The number of nitrogens with zero attached hydrogens (tertiary/aromatic N) is 1. The van der Waals surface area contributed by atoms with Gasteiger partial charge in [0.2, 0.25) is 0 Å². The fourth-order valence-corrected chi connectivity index (χ4v) is 5.33. The van der Waals surface area contributed by atoms with Crippen molar-refractivity contribution < 1.29 is 8.42 Å². The van der Waals surface area contributed by atoms with Crippen molar-refractivity contribution in [3.05, 3.63) is 33.1 Å². The average molecular weight is 346 g/mol. The molecule has 0 amide bonds. The summed E-state index contributed by atoms with van der Waals surface area (Å²) in [7, 11) is -3.50. The molecule has 5 nitrogen and oxygen atoms in total. The lowest BCUT2D eigenvalue weighted by molar-refractivity contribution is 0.568. The molecule has 2 aromatic heterocycles. The first kappa shape index (κ1) is 16.6. The van der Waals surface area contributed by atoms with E-state index in [-0.39, 0.29) is 6.04 Å². The predicted molar refractivity (Wildman–Crippen MR) is 87.3 cm³/mol. The van der Waals surface area contributed by atoms with Crippen molar-refractivity contribution in [1.29, 1.82) is 0 Å². The SMILES string of the molecule is CCNCc1sc(S(=O)(=O)NC(C)c2nccs2)cc1C. The molecule has 0 spiro atoms. The lowest BCUT2D eigenvalue weighted by Crippen LogP contribution is -2.26. The Labute approximate surface area is 133 Å². The molecule has 21 heavy (non-hydrogen) atoms. The zero-order valence-corrected chi connectivity index (χ0v) is 14.7. The van der Waals surface area contributed by atoms with E-state index in [1.165, 1.54) is 22.7 Å². The Bertz CT molecular complexity index is 678. The first-order chi connectivity index (χ1) is 9.94. The highest BCUT2D eigenvalue weighted by atomic mass is 32.2. The molecule has 1 unspecified atom stereocenters. The molecule has 2 heterocycles. The van der Waals surface area contributed by atoms with Crippen LogP contribution in [0.15, 0.2) is 21.9 Å². The van der Waals surface area contributed by atoms with Crippen LogP contribution in [-0.2, 0) is 16.6 Å². The summed E-state index contributed by atoms with van der Waals surface area (Å²) >= 11 is 2.76. The van der Waals surface area contributed by atoms with Gasteiger partial charge in [0.1, 0.15) is 9.22 Å². The lowest BCUT2D eigenvalue weighted by Gasteiger charge is -2.10. The quantitative estimate of drug-likeness (QED) is 0.809. The second-order valence-electron chi connectivity index (χ2n) is 4.67. The van der Waals surface area contributed by atoms with Gasteiger partial charge in [-0.1, -0.05) is 6.92 Å². The van der Waals surface area contributed by atoms with E-state index in [1.807, 2.05) is 19.2 Å². The molecule has 2 rings (SSSR count). The molecule has 0 aliphatic heterocycles. The molecule has 0 fully saturated rings. The normalized spacial score (nSPS) is 13.5. The maximum Gasteiger partial charge on any atom is 0.250 e. The van der Waals surface area contributed by atoms with Crippen LogP contribution in [0.4, 0.5) is 0 Å². The molecule has 0 aliphatic carbocycles. The molecule has 0 bridgehead atoms. The smallest absolute Gasteiger partial charge is 0.250 e. The van der Waals surface area contributed by atoms with Crippen molar-refractivity contribution in [2.45, 2.75) is 37.6 Å². The van der Waals surface area contributed by atoms with Crippen LogP contribution in [0.5, 0.6) is 0 Å². The molecular formula is C13H19N3O2S3. The van der Waals surface area contributed by atoms with Crippen molar-refractivity contribution in [2.75, 3.05) is 6.54 Å². The Hall–Kier alpha value is -0.800. The second-order valence-corrected chi connectivity index (χ2v) is 8.67. The Morgan fingerprint density at radius 2 is 2.19 bits per heavy atom. The molecule has 8 heteroatoms. The van der Waals surface area contributed by atoms with Gasteiger partial charge in [0.05, 0.1) is 6.04 Å². The average Bonchev–Trinajstić information content (AvgIpc) is 3.05. The number of hydrogen-bond acceptors (Lipinski definition) is 6. The Kier molecular flexibility index (Phi) is 5.50. The summed E-state index contributed by atoms with van der Waals surface area (Å²) in [5, 5.41) is 5.82. The number of sulfonamides is 1. The minimum absolute atomic E-state index is 0.324. The van der Waals surface area contributed by atoms with Crippen LogP contribution in [0, 0.1) is 6.92 Å². The van der Waals surface area contributed by atoms with Crippen molar-refractivity contribution in [3.8, 4) is 0 Å². The minimum Gasteiger partial charge on any atom is -0.312 e. The predicted octanol–water partition coefficient (Wildman–Crippen LogP) is 2.66. The first-order valence-electron chi connectivity index (χ1n) is 6.65. The number of hydrogen-bond donors (Lipinski definition) is 2. The van der Waals surface area contributed by atoms with Crippen LogP contribution in [-0.4, -0.2) is 19.9 Å². The third-order valence-electron chi connectivity index (χ3n) is 2.95. The minimum atomic E-state index is -3.50. The standard InChI is InChI=1S/C13H19N3O2S3/c1-4-14-8-11-9(2)7-12(20-11)21(17,18)16-10(3)13-15-5-6-19-13/h5-7,10,14,16H,4,8H2,1-3H3. The number of thiazole rings is 1. The van der Waals surface area contributed by atoms with Gasteiger partial charge in [0.25, 0.3) is 10.0 Å². The molecule has 2 aromatic rings. The van der Waals surface area contributed by atoms with Gasteiger partial charge in [-0.3, -0.25) is 0 Å². The number of aryl methyl sites for hydroxylation is 1. The van der Waals surface area contributed by atoms with Gasteiger partial charge in [-0.2, -0.15) is 0 Å². The van der Waals surface area contributed by atoms with Gasteiger partial charge >= 0.3 is 0 Å². The highest BCUT2D eigenvalue weighted by Gasteiger charge is 2.22. The summed E-state index contributed by atoms with van der Waals surface area (Å²) in [4.78, 5) is 5.20. The molecule has 0 saturated heterocycles. The summed E-state index contributed by atoms with van der Waals surface area (Å²) in [5.41, 5.74) is 1.00. The third kappa shape index (κ3) is 4.10. The molecule has 116 valence electrons. The van der Waals surface area contributed by atoms with E-state index in [9.17, 15) is 8.42 Å². The highest BCUT2D eigenvalue weighted by molar-refractivity contribution is 7.91. The maximum absolute atomic E-state index is 12.4. The van der Waals surface area contributed by atoms with Crippen LogP contribution in [0.1, 0.15) is 35.3 Å². The summed E-state index contributed by atoms with van der Waals surface area (Å²) in [6.45, 7) is 7.32. The molecular weight excluding hydrogens is 326 g/mol. The lowest BCUT2D eigenvalue weighted by atomic mass is 10.3. The van der Waals surface area contributed by atoms with E-state index in [0.29, 0.717) is 10.8 Å². The van der Waals surface area contributed by atoms with Crippen LogP contribution >= 0.6 is 22.7 Å². The Morgan fingerprint density at radius 3 is 2.81 bits per heavy atom. The fraction of sp³-hybridized carbons (Fsp3) is 0.462. The molecule has 0 aromatic carbocycles. The maximum atomic E-state index is 12.4. The summed E-state index contributed by atoms with van der Waals surface area (Å²) in [5.74, 6) is 0. The van der Waals surface area contributed by atoms with Gasteiger partial charge in [0.15, 0.2) is 0 Å². The molecule has 2 N–H and O–H groups in total. The van der Waals surface area contributed by atoms with E-state index in [1.54, 1.807) is 19.2 Å². The van der Waals surface area contributed by atoms with Gasteiger partial charge in [-0.05, 0) is 32.0 Å². The summed E-state index contributed by atoms with van der Waals surface area (Å²) in [6.07, 6.45) is 1.68. The number of thiophene rings is 1. The number of aromatic nitrogens is 1. The van der Waals surface area contributed by atoms with Crippen LogP contribution in [0.2, 0.25) is 0 Å². The van der Waals surface area contributed by atoms with Crippen LogP contribution < -0.4 is 10.0 Å². The monoisotopic (exact) mass is 345 g/mol. The van der Waals surface area contributed by atoms with E-state index >= 15 is 0 Å². The molecule has 0 aliphatic rings. The van der Waals surface area contributed by atoms with Gasteiger partial charge in [-0.15, -0.1) is 22.7 Å². The van der Waals surface area contributed by atoms with Crippen LogP contribution in [0.3, 0.4) is 0 Å². The first-order valence-corrected chi connectivity index (χ1v) is 9.83. The topological polar surface area (TPSA) is 71.1 Å².